The lowest BCUT2D eigenvalue weighted by Crippen LogP contribution is -2.24. The summed E-state index contributed by atoms with van der Waals surface area (Å²) in [6.45, 7) is 3.99. The molecule has 7 heteroatoms. The summed E-state index contributed by atoms with van der Waals surface area (Å²) in [5, 5.41) is 3.91. The van der Waals surface area contributed by atoms with Gasteiger partial charge in [-0.1, -0.05) is 23.4 Å². The summed E-state index contributed by atoms with van der Waals surface area (Å²) in [5.41, 5.74) is 2.63. The van der Waals surface area contributed by atoms with Gasteiger partial charge >= 0.3 is 0 Å². The Labute approximate surface area is 174 Å². The zero-order valence-corrected chi connectivity index (χ0v) is 17.3. The van der Waals surface area contributed by atoms with Gasteiger partial charge in [0.1, 0.15) is 18.2 Å². The zero-order chi connectivity index (χ0) is 21.7. The first kappa shape index (κ1) is 21.1. The van der Waals surface area contributed by atoms with Crippen molar-refractivity contribution in [3.63, 3.8) is 0 Å². The first-order valence-electron chi connectivity index (χ1n) is 9.33. The number of methoxy groups -OCH3 is 1. The molecule has 0 aliphatic carbocycles. The Kier molecular flexibility index (Phi) is 6.51. The summed E-state index contributed by atoms with van der Waals surface area (Å²) in [7, 11) is 3.07. The number of hydrogen-bond donors (Lipinski definition) is 0. The van der Waals surface area contributed by atoms with Crippen LogP contribution in [0, 0.1) is 19.7 Å². The predicted molar refractivity (Wildman–Crippen MR) is 112 cm³/mol. The number of aryl methyl sites for hydroxylation is 2. The van der Waals surface area contributed by atoms with Crippen LogP contribution in [0.2, 0.25) is 0 Å². The number of hydrogen-bond acceptors (Lipinski definition) is 5. The van der Waals surface area contributed by atoms with Gasteiger partial charge in [-0.25, -0.2) is 4.39 Å². The molecule has 0 radical (unpaired) electrons. The van der Waals surface area contributed by atoms with Gasteiger partial charge in [-0.15, -0.1) is 0 Å². The molecule has 0 atom stereocenters. The van der Waals surface area contributed by atoms with Crippen LogP contribution in [-0.4, -0.2) is 25.2 Å². The fourth-order valence-corrected chi connectivity index (χ4v) is 2.89. The van der Waals surface area contributed by atoms with Crippen LogP contribution >= 0.6 is 0 Å². The zero-order valence-electron chi connectivity index (χ0n) is 17.3. The van der Waals surface area contributed by atoms with E-state index in [0.29, 0.717) is 23.9 Å². The van der Waals surface area contributed by atoms with Crippen molar-refractivity contribution in [2.24, 2.45) is 0 Å². The fourth-order valence-electron chi connectivity index (χ4n) is 2.89. The number of carbonyl (C=O) groups is 1. The van der Waals surface area contributed by atoms with E-state index in [4.69, 9.17) is 14.0 Å². The average molecular weight is 410 g/mol. The van der Waals surface area contributed by atoms with E-state index in [2.05, 4.69) is 5.16 Å². The van der Waals surface area contributed by atoms with Gasteiger partial charge in [-0.3, -0.25) is 4.79 Å². The maximum atomic E-state index is 13.9. The minimum Gasteiger partial charge on any atom is -0.493 e. The quantitative estimate of drug-likeness (QED) is 0.529. The molecule has 0 unspecified atom stereocenters. The number of aromatic nitrogens is 1. The van der Waals surface area contributed by atoms with Gasteiger partial charge in [-0.2, -0.15) is 0 Å². The molecule has 2 aromatic carbocycles. The summed E-state index contributed by atoms with van der Waals surface area (Å²) >= 11 is 0. The van der Waals surface area contributed by atoms with Crippen LogP contribution in [0.3, 0.4) is 0 Å². The van der Waals surface area contributed by atoms with Gasteiger partial charge in [0.2, 0.25) is 0 Å². The van der Waals surface area contributed by atoms with E-state index in [1.54, 1.807) is 49.6 Å². The van der Waals surface area contributed by atoms with Crippen LogP contribution in [0.5, 0.6) is 11.5 Å². The first-order chi connectivity index (χ1) is 14.4. The lowest BCUT2D eigenvalue weighted by Gasteiger charge is -2.15. The molecule has 1 heterocycles. The highest BCUT2D eigenvalue weighted by Crippen LogP contribution is 2.30. The van der Waals surface area contributed by atoms with E-state index in [1.165, 1.54) is 24.1 Å². The van der Waals surface area contributed by atoms with Gasteiger partial charge in [0.25, 0.3) is 5.91 Å². The summed E-state index contributed by atoms with van der Waals surface area (Å²) in [4.78, 5) is 13.6. The van der Waals surface area contributed by atoms with Gasteiger partial charge < -0.3 is 18.9 Å². The summed E-state index contributed by atoms with van der Waals surface area (Å²) in [5.74, 6) is 0.993. The van der Waals surface area contributed by atoms with Crippen molar-refractivity contribution in [2.45, 2.75) is 20.5 Å². The fraction of sp³-hybridized carbons (Fsp3) is 0.217. The molecular weight excluding hydrogens is 387 g/mol. The number of halogens is 1. The number of carbonyl (C=O) groups excluding carboxylic acids is 1. The molecule has 0 fully saturated rings. The van der Waals surface area contributed by atoms with E-state index >= 15 is 0 Å². The molecule has 0 N–H and O–H groups in total. The number of para-hydroxylation sites is 1. The molecule has 0 saturated heterocycles. The van der Waals surface area contributed by atoms with Gasteiger partial charge in [-0.05, 0) is 49.8 Å². The second-order valence-corrected chi connectivity index (χ2v) is 6.68. The van der Waals surface area contributed by atoms with Crippen molar-refractivity contribution in [3.8, 4) is 11.5 Å². The number of anilines is 1. The van der Waals surface area contributed by atoms with E-state index < -0.39 is 5.82 Å². The molecule has 0 bridgehead atoms. The SMILES string of the molecule is COc1cc(/C=C/C(=O)N(C)c2ccccc2F)ccc1OCc1c(C)noc1C. The Hall–Kier alpha value is -3.61. The minimum atomic E-state index is -0.455. The summed E-state index contributed by atoms with van der Waals surface area (Å²) < 4.78 is 30.3. The van der Waals surface area contributed by atoms with Crippen molar-refractivity contribution >= 4 is 17.7 Å². The second kappa shape index (κ2) is 9.26. The lowest BCUT2D eigenvalue weighted by molar-refractivity contribution is -0.113. The van der Waals surface area contributed by atoms with Crippen molar-refractivity contribution in [3.05, 3.63) is 76.9 Å². The average Bonchev–Trinajstić information content (AvgIpc) is 3.07. The van der Waals surface area contributed by atoms with Crippen LogP contribution in [0.4, 0.5) is 10.1 Å². The van der Waals surface area contributed by atoms with Crippen molar-refractivity contribution in [1.29, 1.82) is 0 Å². The molecule has 6 nitrogen and oxygen atoms in total. The third kappa shape index (κ3) is 4.68. The normalized spacial score (nSPS) is 11.0. The van der Waals surface area contributed by atoms with Crippen LogP contribution in [-0.2, 0) is 11.4 Å². The van der Waals surface area contributed by atoms with E-state index in [0.717, 1.165) is 16.8 Å². The number of ether oxygens (including phenoxy) is 2. The van der Waals surface area contributed by atoms with Crippen molar-refractivity contribution in [1.82, 2.24) is 5.16 Å². The van der Waals surface area contributed by atoms with Crippen molar-refractivity contribution in [2.75, 3.05) is 19.1 Å². The number of nitrogens with zero attached hydrogens (tertiary/aromatic N) is 2. The largest absolute Gasteiger partial charge is 0.493 e. The molecule has 30 heavy (non-hydrogen) atoms. The molecule has 1 amide bonds. The second-order valence-electron chi connectivity index (χ2n) is 6.68. The highest BCUT2D eigenvalue weighted by Gasteiger charge is 2.13. The van der Waals surface area contributed by atoms with Crippen LogP contribution in [0.1, 0.15) is 22.6 Å². The molecule has 1 aromatic heterocycles. The third-order valence-corrected chi connectivity index (χ3v) is 4.70. The smallest absolute Gasteiger partial charge is 0.250 e. The van der Waals surface area contributed by atoms with Gasteiger partial charge in [0.15, 0.2) is 11.5 Å². The standard InChI is InChI=1S/C23H23FN2O4/c1-15-18(16(2)30-25-15)14-29-21-11-9-17(13-22(21)28-4)10-12-23(27)26(3)20-8-6-5-7-19(20)24/h5-13H,14H2,1-4H3/b12-10+. The number of benzene rings is 2. The summed E-state index contributed by atoms with van der Waals surface area (Å²) in [6, 6.07) is 11.5. The number of amides is 1. The highest BCUT2D eigenvalue weighted by atomic mass is 19.1. The van der Waals surface area contributed by atoms with Crippen LogP contribution < -0.4 is 14.4 Å². The van der Waals surface area contributed by atoms with Crippen LogP contribution in [0.25, 0.3) is 6.08 Å². The minimum absolute atomic E-state index is 0.216. The molecule has 0 spiro atoms. The maximum Gasteiger partial charge on any atom is 0.250 e. The first-order valence-corrected chi connectivity index (χ1v) is 9.33. The molecule has 0 aliphatic heterocycles. The van der Waals surface area contributed by atoms with E-state index in [9.17, 15) is 9.18 Å². The maximum absolute atomic E-state index is 13.9. The Morgan fingerprint density at radius 3 is 2.63 bits per heavy atom. The summed E-state index contributed by atoms with van der Waals surface area (Å²) in [6.07, 6.45) is 3.02. The Balaban J connectivity index is 1.71. The predicted octanol–water partition coefficient (Wildman–Crippen LogP) is 4.69. The lowest BCUT2D eigenvalue weighted by atomic mass is 10.1. The topological polar surface area (TPSA) is 64.8 Å². The van der Waals surface area contributed by atoms with Crippen LogP contribution in [0.15, 0.2) is 53.1 Å². The van der Waals surface area contributed by atoms with E-state index in [-0.39, 0.29) is 11.6 Å². The van der Waals surface area contributed by atoms with Gasteiger partial charge in [0.05, 0.1) is 24.1 Å². The van der Waals surface area contributed by atoms with Gasteiger partial charge in [0, 0.05) is 13.1 Å². The monoisotopic (exact) mass is 410 g/mol. The molecular formula is C23H23FN2O4. The number of likely N-dealkylation sites (N-methyl/N-ethyl adjacent to an activating group) is 1. The third-order valence-electron chi connectivity index (χ3n) is 4.70. The molecule has 3 rings (SSSR count). The molecule has 156 valence electrons. The molecule has 3 aromatic rings. The molecule has 0 saturated carbocycles. The Morgan fingerprint density at radius 1 is 1.20 bits per heavy atom. The highest BCUT2D eigenvalue weighted by molar-refractivity contribution is 6.03. The van der Waals surface area contributed by atoms with E-state index in [1.807, 2.05) is 13.8 Å². The Morgan fingerprint density at radius 2 is 1.97 bits per heavy atom. The Bertz CT molecular complexity index is 1060. The number of rotatable bonds is 7. The van der Waals surface area contributed by atoms with Crippen molar-refractivity contribution < 1.29 is 23.2 Å². The molecule has 0 aliphatic rings.